The highest BCUT2D eigenvalue weighted by Crippen LogP contribution is 2.32. The van der Waals surface area contributed by atoms with Crippen LogP contribution < -0.4 is 5.32 Å². The van der Waals surface area contributed by atoms with Crippen molar-refractivity contribution in [2.24, 2.45) is 7.05 Å². The number of imidazole rings is 1. The summed E-state index contributed by atoms with van der Waals surface area (Å²) in [6.45, 7) is 1.13. The zero-order valence-corrected chi connectivity index (χ0v) is 15.9. The van der Waals surface area contributed by atoms with Gasteiger partial charge in [-0.3, -0.25) is 9.69 Å². The molecule has 0 aliphatic carbocycles. The van der Waals surface area contributed by atoms with Gasteiger partial charge in [0.25, 0.3) is 5.91 Å². The van der Waals surface area contributed by atoms with Crippen LogP contribution in [0.3, 0.4) is 0 Å². The van der Waals surface area contributed by atoms with Gasteiger partial charge in [-0.15, -0.1) is 0 Å². The van der Waals surface area contributed by atoms with Gasteiger partial charge in [0.1, 0.15) is 5.82 Å². The van der Waals surface area contributed by atoms with Gasteiger partial charge in [0, 0.05) is 42.0 Å². The Bertz CT molecular complexity index is 1190. The molecule has 4 heterocycles. The number of likely N-dealkylation sites (tertiary alicyclic amines) is 1. The number of pyridine rings is 1. The minimum atomic E-state index is -0.193. The van der Waals surface area contributed by atoms with Gasteiger partial charge in [-0.1, -0.05) is 0 Å². The summed E-state index contributed by atoms with van der Waals surface area (Å²) in [6.07, 6.45) is 5.93. The Hall–Kier alpha value is -3.19. The molecule has 142 valence electrons. The van der Waals surface area contributed by atoms with E-state index >= 15 is 0 Å². The Morgan fingerprint density at radius 2 is 2.11 bits per heavy atom. The maximum absolute atomic E-state index is 12.7. The third-order valence-corrected chi connectivity index (χ3v) is 5.63. The average Bonchev–Trinajstić information content (AvgIpc) is 3.39. The highest BCUT2D eigenvalue weighted by Gasteiger charge is 2.24. The fourth-order valence-electron chi connectivity index (χ4n) is 4.07. The number of hydrogen-bond donors (Lipinski definition) is 2. The molecule has 3 aromatic heterocycles. The maximum Gasteiger partial charge on any atom is 0.256 e. The molecule has 4 aromatic rings. The molecule has 0 spiro atoms. The molecule has 7 heteroatoms. The van der Waals surface area contributed by atoms with Crippen molar-refractivity contribution in [2.75, 3.05) is 18.9 Å². The van der Waals surface area contributed by atoms with Gasteiger partial charge in [0.05, 0.1) is 22.9 Å². The molecule has 1 aromatic carbocycles. The molecule has 7 nitrogen and oxygen atoms in total. The van der Waals surface area contributed by atoms with Gasteiger partial charge in [0.15, 0.2) is 0 Å². The molecule has 0 unspecified atom stereocenters. The monoisotopic (exact) mass is 374 g/mol. The lowest BCUT2D eigenvalue weighted by Gasteiger charge is -2.17. The first-order valence-electron chi connectivity index (χ1n) is 9.50. The number of amides is 1. The minimum Gasteiger partial charge on any atom is -0.357 e. The highest BCUT2D eigenvalue weighted by molar-refractivity contribution is 6.06. The molecule has 1 amide bonds. The number of fused-ring (bicyclic) bond motifs is 2. The topological polar surface area (TPSA) is 78.8 Å². The lowest BCUT2D eigenvalue weighted by atomic mass is 10.1. The van der Waals surface area contributed by atoms with Gasteiger partial charge < -0.3 is 14.9 Å². The number of aromatic amines is 1. The number of nitrogens with zero attached hydrogens (tertiary/aromatic N) is 4. The molecule has 1 aliphatic rings. The molecule has 28 heavy (non-hydrogen) atoms. The van der Waals surface area contributed by atoms with E-state index in [1.165, 1.54) is 12.1 Å². The van der Waals surface area contributed by atoms with Crippen molar-refractivity contribution in [3.05, 3.63) is 54.1 Å². The number of anilines is 1. The Morgan fingerprint density at radius 3 is 2.93 bits per heavy atom. The molecule has 1 saturated heterocycles. The zero-order chi connectivity index (χ0) is 19.3. The van der Waals surface area contributed by atoms with E-state index < -0.39 is 0 Å². The smallest absolute Gasteiger partial charge is 0.256 e. The van der Waals surface area contributed by atoms with E-state index in [9.17, 15) is 4.79 Å². The number of H-pyrrole nitrogens is 1. The van der Waals surface area contributed by atoms with E-state index in [0.717, 1.165) is 34.9 Å². The van der Waals surface area contributed by atoms with Crippen molar-refractivity contribution >= 4 is 33.7 Å². The fraction of sp³-hybridized carbons (Fsp3) is 0.286. The first-order valence-corrected chi connectivity index (χ1v) is 9.50. The van der Waals surface area contributed by atoms with Crippen LogP contribution in [0, 0.1) is 0 Å². The SMILES string of the molecule is CN1CCC[C@@H]1c1cc2cnc(NC(=O)c3ccc4c(c3)ncn4C)cc2[nH]1. The van der Waals surface area contributed by atoms with E-state index in [0.29, 0.717) is 17.4 Å². The maximum atomic E-state index is 12.7. The van der Waals surface area contributed by atoms with E-state index in [1.807, 2.05) is 29.9 Å². The largest absolute Gasteiger partial charge is 0.357 e. The Kier molecular flexibility index (Phi) is 3.91. The molecule has 0 radical (unpaired) electrons. The summed E-state index contributed by atoms with van der Waals surface area (Å²) >= 11 is 0. The molecule has 0 saturated carbocycles. The summed E-state index contributed by atoms with van der Waals surface area (Å²) in [5.41, 5.74) is 4.55. The normalized spacial score (nSPS) is 17.6. The number of hydrogen-bond acceptors (Lipinski definition) is 4. The van der Waals surface area contributed by atoms with Gasteiger partial charge in [0.2, 0.25) is 0 Å². The van der Waals surface area contributed by atoms with Gasteiger partial charge in [-0.2, -0.15) is 0 Å². The van der Waals surface area contributed by atoms with Crippen LogP contribution in [0.15, 0.2) is 42.9 Å². The third kappa shape index (κ3) is 2.84. The summed E-state index contributed by atoms with van der Waals surface area (Å²) in [5, 5.41) is 3.95. The van der Waals surface area contributed by atoms with Crippen LogP contribution in [0.5, 0.6) is 0 Å². The summed E-state index contributed by atoms with van der Waals surface area (Å²) in [5.74, 6) is 0.341. The van der Waals surface area contributed by atoms with Crippen molar-refractivity contribution in [2.45, 2.75) is 18.9 Å². The lowest BCUT2D eigenvalue weighted by Crippen LogP contribution is -2.17. The Labute approximate surface area is 162 Å². The molecule has 2 N–H and O–H groups in total. The Morgan fingerprint density at radius 1 is 1.21 bits per heavy atom. The lowest BCUT2D eigenvalue weighted by molar-refractivity contribution is 0.102. The summed E-state index contributed by atoms with van der Waals surface area (Å²) < 4.78 is 1.93. The second-order valence-electron chi connectivity index (χ2n) is 7.53. The minimum absolute atomic E-state index is 0.193. The van der Waals surface area contributed by atoms with Crippen LogP contribution >= 0.6 is 0 Å². The predicted molar refractivity (Wildman–Crippen MR) is 109 cm³/mol. The van der Waals surface area contributed by atoms with Crippen molar-refractivity contribution in [1.29, 1.82) is 0 Å². The fourth-order valence-corrected chi connectivity index (χ4v) is 4.07. The Balaban J connectivity index is 1.39. The van der Waals surface area contributed by atoms with Crippen LogP contribution in [0.4, 0.5) is 5.82 Å². The van der Waals surface area contributed by atoms with E-state index in [1.54, 1.807) is 18.5 Å². The van der Waals surface area contributed by atoms with Crippen LogP contribution in [0.25, 0.3) is 21.9 Å². The van der Waals surface area contributed by atoms with Crippen molar-refractivity contribution < 1.29 is 4.79 Å². The summed E-state index contributed by atoms with van der Waals surface area (Å²) in [6, 6.07) is 9.99. The second-order valence-corrected chi connectivity index (χ2v) is 7.53. The van der Waals surface area contributed by atoms with Gasteiger partial charge in [-0.25, -0.2) is 9.97 Å². The van der Waals surface area contributed by atoms with Crippen molar-refractivity contribution in [1.82, 2.24) is 24.4 Å². The number of carbonyl (C=O) groups is 1. The van der Waals surface area contributed by atoms with Crippen LogP contribution in [-0.4, -0.2) is 43.9 Å². The first-order chi connectivity index (χ1) is 13.6. The quantitative estimate of drug-likeness (QED) is 0.576. The molecule has 5 rings (SSSR count). The number of aromatic nitrogens is 4. The predicted octanol–water partition coefficient (Wildman–Crippen LogP) is 3.47. The van der Waals surface area contributed by atoms with Gasteiger partial charge >= 0.3 is 0 Å². The summed E-state index contributed by atoms with van der Waals surface area (Å²) in [4.78, 5) is 27.3. The number of carbonyl (C=O) groups excluding carboxylic acids is 1. The second kappa shape index (κ2) is 6.45. The number of nitrogens with one attached hydrogen (secondary N) is 2. The van der Waals surface area contributed by atoms with Crippen LogP contribution in [-0.2, 0) is 7.05 Å². The van der Waals surface area contributed by atoms with E-state index in [-0.39, 0.29) is 5.91 Å². The molecule has 1 aliphatic heterocycles. The number of benzene rings is 1. The highest BCUT2D eigenvalue weighted by atomic mass is 16.1. The van der Waals surface area contributed by atoms with Crippen LogP contribution in [0.1, 0.15) is 34.9 Å². The average molecular weight is 374 g/mol. The molecule has 1 atom stereocenters. The van der Waals surface area contributed by atoms with Crippen LogP contribution in [0.2, 0.25) is 0 Å². The summed E-state index contributed by atoms with van der Waals surface area (Å²) in [7, 11) is 4.09. The van der Waals surface area contributed by atoms with Gasteiger partial charge in [-0.05, 0) is 50.7 Å². The number of rotatable bonds is 3. The third-order valence-electron chi connectivity index (χ3n) is 5.63. The van der Waals surface area contributed by atoms with E-state index in [2.05, 4.69) is 38.3 Å². The molecular weight excluding hydrogens is 352 g/mol. The standard InChI is InChI=1S/C21H22N6O/c1-26-7-3-4-18(26)17-9-14-11-22-20(10-15(14)24-17)25-21(28)13-5-6-19-16(8-13)23-12-27(19)2/h5-6,8-12,18,24H,3-4,7H2,1-2H3,(H,22,25,28)/t18-/m1/s1. The van der Waals surface area contributed by atoms with Crippen molar-refractivity contribution in [3.8, 4) is 0 Å². The molecule has 0 bridgehead atoms. The van der Waals surface area contributed by atoms with Crippen molar-refractivity contribution in [3.63, 3.8) is 0 Å². The first kappa shape index (κ1) is 16.9. The zero-order valence-electron chi connectivity index (χ0n) is 15.9. The van der Waals surface area contributed by atoms with E-state index in [4.69, 9.17) is 0 Å². The number of aryl methyl sites for hydroxylation is 1. The molecular formula is C21H22N6O. The molecule has 1 fully saturated rings.